The van der Waals surface area contributed by atoms with Crippen molar-refractivity contribution in [2.45, 2.75) is 12.8 Å². The first-order chi connectivity index (χ1) is 7.63. The predicted molar refractivity (Wildman–Crippen MR) is 60.2 cm³/mol. The quantitative estimate of drug-likeness (QED) is 0.587. The third-order valence-corrected chi connectivity index (χ3v) is 2.66. The summed E-state index contributed by atoms with van der Waals surface area (Å²) in [5.41, 5.74) is 4.96. The highest BCUT2D eigenvalue weighted by atomic mass is 32.1. The van der Waals surface area contributed by atoms with Gasteiger partial charge in [0.25, 0.3) is 5.91 Å². The van der Waals surface area contributed by atoms with E-state index in [-0.39, 0.29) is 18.2 Å². The molecule has 0 spiro atoms. The van der Waals surface area contributed by atoms with Crippen molar-refractivity contribution in [1.82, 2.24) is 15.5 Å². The molecule has 1 aromatic heterocycles. The molecule has 0 atom stereocenters. The average Bonchev–Trinajstić information content (AvgIpc) is 2.72. The number of nitrogens with one attached hydrogen (secondary N) is 2. The Morgan fingerprint density at radius 2 is 2.19 bits per heavy atom. The Bertz CT molecular complexity index is 378. The van der Waals surface area contributed by atoms with Gasteiger partial charge in [-0.3, -0.25) is 9.59 Å². The van der Waals surface area contributed by atoms with Gasteiger partial charge < -0.3 is 16.4 Å². The molecule has 0 saturated heterocycles. The van der Waals surface area contributed by atoms with Crippen molar-refractivity contribution in [1.29, 1.82) is 0 Å². The molecule has 0 bridgehead atoms. The fraction of sp³-hybridized carbons (Fsp3) is 0.500. The lowest BCUT2D eigenvalue weighted by molar-refractivity contribution is -0.118. The largest absolute Gasteiger partial charge is 0.370 e. The zero-order chi connectivity index (χ0) is 12.0. The SMILES string of the molecule is CNc1nnc(C(=O)NCCCC(N)=O)s1. The number of aromatic nitrogens is 2. The van der Waals surface area contributed by atoms with Crippen LogP contribution < -0.4 is 16.4 Å². The molecular weight excluding hydrogens is 230 g/mol. The van der Waals surface area contributed by atoms with E-state index in [9.17, 15) is 9.59 Å². The smallest absolute Gasteiger partial charge is 0.282 e. The Labute approximate surface area is 96.4 Å². The van der Waals surface area contributed by atoms with Crippen molar-refractivity contribution in [3.8, 4) is 0 Å². The highest BCUT2D eigenvalue weighted by Gasteiger charge is 2.11. The number of hydrogen-bond acceptors (Lipinski definition) is 6. The van der Waals surface area contributed by atoms with Gasteiger partial charge in [0.15, 0.2) is 0 Å². The first-order valence-corrected chi connectivity index (χ1v) is 5.53. The van der Waals surface area contributed by atoms with E-state index in [1.165, 1.54) is 11.3 Å². The monoisotopic (exact) mass is 243 g/mol. The van der Waals surface area contributed by atoms with Gasteiger partial charge in [-0.2, -0.15) is 0 Å². The van der Waals surface area contributed by atoms with Gasteiger partial charge in [0.2, 0.25) is 16.0 Å². The molecule has 0 aliphatic heterocycles. The van der Waals surface area contributed by atoms with Crippen LogP contribution in [-0.4, -0.2) is 35.6 Å². The lowest BCUT2D eigenvalue weighted by atomic mass is 10.3. The summed E-state index contributed by atoms with van der Waals surface area (Å²) >= 11 is 1.17. The summed E-state index contributed by atoms with van der Waals surface area (Å²) in [7, 11) is 1.70. The summed E-state index contributed by atoms with van der Waals surface area (Å²) in [4.78, 5) is 21.9. The van der Waals surface area contributed by atoms with E-state index in [4.69, 9.17) is 5.73 Å². The predicted octanol–water partition coefficient (Wildman–Crippen LogP) is -0.425. The van der Waals surface area contributed by atoms with Crippen LogP contribution in [0.5, 0.6) is 0 Å². The van der Waals surface area contributed by atoms with Crippen molar-refractivity contribution in [3.05, 3.63) is 5.01 Å². The van der Waals surface area contributed by atoms with E-state index in [2.05, 4.69) is 20.8 Å². The number of hydrogen-bond donors (Lipinski definition) is 3. The van der Waals surface area contributed by atoms with Crippen LogP contribution in [0.15, 0.2) is 0 Å². The van der Waals surface area contributed by atoms with Gasteiger partial charge in [-0.05, 0) is 6.42 Å². The number of nitrogens with two attached hydrogens (primary N) is 1. The third kappa shape index (κ3) is 3.81. The van der Waals surface area contributed by atoms with Crippen LogP contribution in [0.2, 0.25) is 0 Å². The maximum Gasteiger partial charge on any atom is 0.282 e. The average molecular weight is 243 g/mol. The standard InChI is InChI=1S/C8H13N5O2S/c1-10-8-13-12-7(16-8)6(15)11-4-2-3-5(9)14/h2-4H2,1H3,(H2,9,14)(H,10,13)(H,11,15). The lowest BCUT2D eigenvalue weighted by Gasteiger charge is -2.00. The molecule has 0 radical (unpaired) electrons. The van der Waals surface area contributed by atoms with Gasteiger partial charge in [-0.15, -0.1) is 10.2 Å². The maximum atomic E-state index is 11.5. The molecule has 8 heteroatoms. The maximum absolute atomic E-state index is 11.5. The van der Waals surface area contributed by atoms with Crippen LogP contribution in [0.25, 0.3) is 0 Å². The topological polar surface area (TPSA) is 110 Å². The van der Waals surface area contributed by atoms with Crippen LogP contribution >= 0.6 is 11.3 Å². The van der Waals surface area contributed by atoms with Crippen molar-refractivity contribution in [2.24, 2.45) is 5.73 Å². The fourth-order valence-electron chi connectivity index (χ4n) is 0.956. The zero-order valence-electron chi connectivity index (χ0n) is 8.82. The lowest BCUT2D eigenvalue weighted by Crippen LogP contribution is -2.25. The Morgan fingerprint density at radius 1 is 1.44 bits per heavy atom. The second-order valence-corrected chi connectivity index (χ2v) is 3.97. The van der Waals surface area contributed by atoms with Crippen LogP contribution in [0.3, 0.4) is 0 Å². The Balaban J connectivity index is 2.32. The summed E-state index contributed by atoms with van der Waals surface area (Å²) in [6.07, 6.45) is 0.789. The summed E-state index contributed by atoms with van der Waals surface area (Å²) in [6, 6.07) is 0. The molecule has 0 aliphatic carbocycles. The molecule has 1 aromatic rings. The van der Waals surface area contributed by atoms with Gasteiger partial charge in [0.05, 0.1) is 0 Å². The highest BCUT2D eigenvalue weighted by molar-refractivity contribution is 7.17. The third-order valence-electron chi connectivity index (χ3n) is 1.72. The van der Waals surface area contributed by atoms with Crippen LogP contribution in [0.1, 0.15) is 22.6 Å². The van der Waals surface area contributed by atoms with Crippen LogP contribution in [0, 0.1) is 0 Å². The minimum atomic E-state index is -0.373. The summed E-state index contributed by atoms with van der Waals surface area (Å²) < 4.78 is 0. The van der Waals surface area contributed by atoms with E-state index in [0.717, 1.165) is 0 Å². The Kier molecular flexibility index (Phi) is 4.65. The first kappa shape index (κ1) is 12.4. The van der Waals surface area contributed by atoms with E-state index in [0.29, 0.717) is 23.1 Å². The number of rotatable bonds is 6. The molecule has 1 rings (SSSR count). The molecule has 2 amide bonds. The van der Waals surface area contributed by atoms with Crippen molar-refractivity contribution >= 4 is 28.3 Å². The zero-order valence-corrected chi connectivity index (χ0v) is 9.63. The number of primary amides is 1. The normalized spacial score (nSPS) is 9.81. The number of carbonyl (C=O) groups excluding carboxylic acids is 2. The second-order valence-electron chi connectivity index (χ2n) is 2.99. The number of nitrogens with zero attached hydrogens (tertiary/aromatic N) is 2. The molecule has 7 nitrogen and oxygen atoms in total. The van der Waals surface area contributed by atoms with Crippen LogP contribution in [-0.2, 0) is 4.79 Å². The van der Waals surface area contributed by atoms with Gasteiger partial charge in [-0.25, -0.2) is 0 Å². The minimum Gasteiger partial charge on any atom is -0.370 e. The fourth-order valence-corrected chi connectivity index (χ4v) is 1.57. The van der Waals surface area contributed by atoms with Gasteiger partial charge in [0.1, 0.15) is 0 Å². The molecule has 0 saturated carbocycles. The molecule has 0 fully saturated rings. The minimum absolute atomic E-state index is 0.262. The van der Waals surface area contributed by atoms with Crippen LogP contribution in [0.4, 0.5) is 5.13 Å². The molecule has 4 N–H and O–H groups in total. The van der Waals surface area contributed by atoms with Crippen molar-refractivity contribution in [2.75, 3.05) is 18.9 Å². The molecule has 0 aliphatic rings. The summed E-state index contributed by atoms with van der Waals surface area (Å²) in [5, 5.41) is 13.7. The van der Waals surface area contributed by atoms with Gasteiger partial charge >= 0.3 is 0 Å². The van der Waals surface area contributed by atoms with E-state index in [1.807, 2.05) is 0 Å². The Hall–Kier alpha value is -1.70. The van der Waals surface area contributed by atoms with Gasteiger partial charge in [-0.1, -0.05) is 11.3 Å². The Morgan fingerprint density at radius 3 is 2.75 bits per heavy atom. The molecule has 0 aromatic carbocycles. The molecular formula is C8H13N5O2S. The van der Waals surface area contributed by atoms with E-state index < -0.39 is 0 Å². The summed E-state index contributed by atoms with van der Waals surface area (Å²) in [5.74, 6) is -0.661. The number of anilines is 1. The van der Waals surface area contributed by atoms with Gasteiger partial charge in [0, 0.05) is 20.0 Å². The second kappa shape index (κ2) is 6.01. The van der Waals surface area contributed by atoms with Crippen molar-refractivity contribution < 1.29 is 9.59 Å². The molecule has 0 unspecified atom stereocenters. The number of carbonyl (C=O) groups is 2. The van der Waals surface area contributed by atoms with E-state index >= 15 is 0 Å². The molecule has 88 valence electrons. The molecule has 16 heavy (non-hydrogen) atoms. The van der Waals surface area contributed by atoms with E-state index in [1.54, 1.807) is 7.05 Å². The highest BCUT2D eigenvalue weighted by Crippen LogP contribution is 2.13. The summed E-state index contributed by atoms with van der Waals surface area (Å²) in [6.45, 7) is 0.399. The molecule has 1 heterocycles. The first-order valence-electron chi connectivity index (χ1n) is 4.71. The number of amides is 2. The van der Waals surface area contributed by atoms with Crippen molar-refractivity contribution in [3.63, 3.8) is 0 Å².